The maximum absolute atomic E-state index is 8.58. The van der Waals surface area contributed by atoms with Crippen molar-refractivity contribution in [3.8, 4) is 6.07 Å². The molecule has 0 unspecified atom stereocenters. The van der Waals surface area contributed by atoms with Gasteiger partial charge in [0.25, 0.3) is 0 Å². The smallest absolute Gasteiger partial charge is 0.169 e. The summed E-state index contributed by atoms with van der Waals surface area (Å²) in [5, 5.41) is 9.55. The fourth-order valence-electron chi connectivity index (χ4n) is 1.75. The number of fused-ring (bicyclic) bond motifs is 1. The third kappa shape index (κ3) is 2.84. The van der Waals surface area contributed by atoms with Gasteiger partial charge in [-0.15, -0.1) is 0 Å². The van der Waals surface area contributed by atoms with Crippen LogP contribution in [0.1, 0.15) is 6.42 Å². The van der Waals surface area contributed by atoms with E-state index in [1.807, 2.05) is 18.2 Å². The monoisotopic (exact) mass is 261 g/mol. The first-order valence-electron chi connectivity index (χ1n) is 5.80. The summed E-state index contributed by atoms with van der Waals surface area (Å²) in [6, 6.07) is 10.2. The molecular weight excluding hydrogens is 246 g/mol. The number of para-hydroxylation sites is 2. The minimum atomic E-state index is 0.540. The number of imidazole rings is 1. The first-order valence-corrected chi connectivity index (χ1v) is 6.79. The normalized spacial score (nSPS) is 10.7. The van der Waals surface area contributed by atoms with Crippen molar-refractivity contribution in [1.82, 2.24) is 9.55 Å². The second kappa shape index (κ2) is 6.43. The molecule has 0 amide bonds. The molecule has 0 fully saturated rings. The Morgan fingerprint density at radius 2 is 2.28 bits per heavy atom. The van der Waals surface area contributed by atoms with E-state index in [2.05, 4.69) is 21.7 Å². The number of nitriles is 1. The molecular formula is C13H15N3OS. The number of thioether (sulfide) groups is 1. The highest BCUT2D eigenvalue weighted by atomic mass is 32.2. The molecule has 0 aliphatic carbocycles. The predicted molar refractivity (Wildman–Crippen MR) is 72.6 cm³/mol. The van der Waals surface area contributed by atoms with Gasteiger partial charge in [0.2, 0.25) is 0 Å². The summed E-state index contributed by atoms with van der Waals surface area (Å²) in [7, 11) is 1.70. The van der Waals surface area contributed by atoms with Gasteiger partial charge in [0, 0.05) is 25.8 Å². The van der Waals surface area contributed by atoms with Gasteiger partial charge in [0.05, 0.1) is 23.7 Å². The maximum atomic E-state index is 8.58. The zero-order valence-corrected chi connectivity index (χ0v) is 11.1. The van der Waals surface area contributed by atoms with Crippen molar-refractivity contribution >= 4 is 22.8 Å². The first kappa shape index (κ1) is 12.9. The van der Waals surface area contributed by atoms with Gasteiger partial charge in [0.15, 0.2) is 5.16 Å². The van der Waals surface area contributed by atoms with Crippen molar-refractivity contribution in [1.29, 1.82) is 5.26 Å². The number of nitrogens with zero attached hydrogens (tertiary/aromatic N) is 3. The first-order chi connectivity index (χ1) is 8.86. The van der Waals surface area contributed by atoms with Gasteiger partial charge in [-0.3, -0.25) is 0 Å². The fourth-order valence-corrected chi connectivity index (χ4v) is 2.63. The molecule has 5 heteroatoms. The van der Waals surface area contributed by atoms with E-state index in [-0.39, 0.29) is 0 Å². The Morgan fingerprint density at radius 3 is 3.06 bits per heavy atom. The lowest BCUT2D eigenvalue weighted by molar-refractivity contribution is 0.186. The van der Waals surface area contributed by atoms with E-state index in [0.29, 0.717) is 13.0 Å². The van der Waals surface area contributed by atoms with Gasteiger partial charge in [-0.1, -0.05) is 23.9 Å². The Morgan fingerprint density at radius 1 is 1.44 bits per heavy atom. The fraction of sp³-hybridized carbons (Fsp3) is 0.385. The number of hydrogen-bond donors (Lipinski definition) is 0. The van der Waals surface area contributed by atoms with Crippen LogP contribution in [0.25, 0.3) is 11.0 Å². The largest absolute Gasteiger partial charge is 0.383 e. The molecule has 0 aliphatic rings. The Kier molecular flexibility index (Phi) is 4.62. The lowest BCUT2D eigenvalue weighted by atomic mass is 10.3. The summed E-state index contributed by atoms with van der Waals surface area (Å²) < 4.78 is 7.29. The Labute approximate surface area is 111 Å². The summed E-state index contributed by atoms with van der Waals surface area (Å²) in [5.74, 6) is 0.771. The number of benzene rings is 1. The second-order valence-electron chi connectivity index (χ2n) is 3.78. The number of rotatable bonds is 6. The quantitative estimate of drug-likeness (QED) is 0.592. The Bertz CT molecular complexity index is 559. The van der Waals surface area contributed by atoms with Crippen LogP contribution in [0, 0.1) is 11.3 Å². The molecule has 0 N–H and O–H groups in total. The summed E-state index contributed by atoms with van der Waals surface area (Å²) >= 11 is 1.62. The molecule has 0 saturated heterocycles. The van der Waals surface area contributed by atoms with E-state index in [9.17, 15) is 0 Å². The van der Waals surface area contributed by atoms with E-state index in [0.717, 1.165) is 28.5 Å². The predicted octanol–water partition coefficient (Wildman–Crippen LogP) is 2.69. The molecule has 18 heavy (non-hydrogen) atoms. The van der Waals surface area contributed by atoms with Crippen molar-refractivity contribution in [3.63, 3.8) is 0 Å². The standard InChI is InChI=1S/C13H15N3OS/c1-17-9-8-16-12-6-3-2-5-11(12)15-13(16)18-10-4-7-14/h2-3,5-6H,4,8-10H2,1H3. The van der Waals surface area contributed by atoms with Crippen LogP contribution in [0.3, 0.4) is 0 Å². The van der Waals surface area contributed by atoms with Crippen LogP contribution in [-0.2, 0) is 11.3 Å². The highest BCUT2D eigenvalue weighted by Gasteiger charge is 2.10. The molecule has 0 spiro atoms. The molecule has 1 aromatic carbocycles. The third-order valence-electron chi connectivity index (χ3n) is 2.58. The molecule has 2 rings (SSSR count). The van der Waals surface area contributed by atoms with Crippen LogP contribution >= 0.6 is 11.8 Å². The highest BCUT2D eigenvalue weighted by molar-refractivity contribution is 7.99. The van der Waals surface area contributed by atoms with E-state index in [4.69, 9.17) is 10.00 Å². The van der Waals surface area contributed by atoms with Crippen molar-refractivity contribution in [2.75, 3.05) is 19.5 Å². The molecule has 1 heterocycles. The molecule has 2 aromatic rings. The van der Waals surface area contributed by atoms with Crippen LogP contribution in [0.2, 0.25) is 0 Å². The number of aromatic nitrogens is 2. The van der Waals surface area contributed by atoms with Gasteiger partial charge < -0.3 is 9.30 Å². The van der Waals surface area contributed by atoms with Crippen LogP contribution in [0.4, 0.5) is 0 Å². The van der Waals surface area contributed by atoms with E-state index >= 15 is 0 Å². The van der Waals surface area contributed by atoms with Gasteiger partial charge in [0.1, 0.15) is 0 Å². The minimum Gasteiger partial charge on any atom is -0.383 e. The third-order valence-corrected chi connectivity index (χ3v) is 3.56. The maximum Gasteiger partial charge on any atom is 0.169 e. The van der Waals surface area contributed by atoms with Crippen LogP contribution in [0.5, 0.6) is 0 Å². The van der Waals surface area contributed by atoms with E-state index in [1.165, 1.54) is 0 Å². The van der Waals surface area contributed by atoms with Crippen LogP contribution in [-0.4, -0.2) is 29.0 Å². The lowest BCUT2D eigenvalue weighted by Crippen LogP contribution is -2.05. The van der Waals surface area contributed by atoms with E-state index in [1.54, 1.807) is 18.9 Å². The summed E-state index contributed by atoms with van der Waals surface area (Å²) in [6.45, 7) is 1.44. The average Bonchev–Trinajstić information content (AvgIpc) is 2.74. The van der Waals surface area contributed by atoms with Crippen molar-refractivity contribution < 1.29 is 4.74 Å². The molecule has 1 aromatic heterocycles. The topological polar surface area (TPSA) is 50.8 Å². The summed E-state index contributed by atoms with van der Waals surface area (Å²) in [5.41, 5.74) is 2.11. The molecule has 0 aliphatic heterocycles. The van der Waals surface area contributed by atoms with Crippen molar-refractivity contribution in [2.45, 2.75) is 18.1 Å². The van der Waals surface area contributed by atoms with Gasteiger partial charge in [-0.2, -0.15) is 5.26 Å². The highest BCUT2D eigenvalue weighted by Crippen LogP contribution is 2.24. The number of methoxy groups -OCH3 is 1. The van der Waals surface area contributed by atoms with Gasteiger partial charge in [-0.05, 0) is 12.1 Å². The molecule has 0 radical (unpaired) electrons. The Hall–Kier alpha value is -1.51. The van der Waals surface area contributed by atoms with Crippen LogP contribution < -0.4 is 0 Å². The average molecular weight is 261 g/mol. The minimum absolute atomic E-state index is 0.540. The van der Waals surface area contributed by atoms with Gasteiger partial charge >= 0.3 is 0 Å². The lowest BCUT2D eigenvalue weighted by Gasteiger charge is -2.07. The molecule has 0 bridgehead atoms. The molecule has 0 saturated carbocycles. The van der Waals surface area contributed by atoms with E-state index < -0.39 is 0 Å². The van der Waals surface area contributed by atoms with Gasteiger partial charge in [-0.25, -0.2) is 4.98 Å². The SMILES string of the molecule is COCCn1c(SCCC#N)nc2ccccc21. The summed E-state index contributed by atoms with van der Waals surface area (Å²) in [6.07, 6.45) is 0.540. The Balaban J connectivity index is 2.28. The number of ether oxygens (including phenoxy) is 1. The zero-order chi connectivity index (χ0) is 12.8. The van der Waals surface area contributed by atoms with Crippen LogP contribution in [0.15, 0.2) is 29.4 Å². The molecule has 4 nitrogen and oxygen atoms in total. The van der Waals surface area contributed by atoms with Crippen molar-refractivity contribution in [2.24, 2.45) is 0 Å². The molecule has 0 atom stereocenters. The summed E-state index contributed by atoms with van der Waals surface area (Å²) in [4.78, 5) is 4.60. The number of hydrogen-bond acceptors (Lipinski definition) is 4. The van der Waals surface area contributed by atoms with Crippen molar-refractivity contribution in [3.05, 3.63) is 24.3 Å². The second-order valence-corrected chi connectivity index (χ2v) is 4.85. The zero-order valence-electron chi connectivity index (χ0n) is 10.3. The molecule has 94 valence electrons.